The van der Waals surface area contributed by atoms with Gasteiger partial charge in [0.2, 0.25) is 0 Å². The van der Waals surface area contributed by atoms with Crippen molar-refractivity contribution >= 4 is 5.91 Å². The van der Waals surface area contributed by atoms with Gasteiger partial charge < -0.3 is 19.3 Å². The first kappa shape index (κ1) is 25.3. The maximum absolute atomic E-state index is 12.7. The van der Waals surface area contributed by atoms with E-state index >= 15 is 0 Å². The molecule has 2 N–H and O–H groups in total. The summed E-state index contributed by atoms with van der Waals surface area (Å²) >= 11 is 0. The largest absolute Gasteiger partial charge is 0.489 e. The van der Waals surface area contributed by atoms with Crippen molar-refractivity contribution in [3.63, 3.8) is 0 Å². The van der Waals surface area contributed by atoms with Gasteiger partial charge >= 0.3 is 11.4 Å². The fourth-order valence-corrected chi connectivity index (χ4v) is 4.51. The number of aromatic nitrogens is 2. The summed E-state index contributed by atoms with van der Waals surface area (Å²) in [7, 11) is 0. The second kappa shape index (κ2) is 11.4. The molecule has 0 spiro atoms. The molecule has 0 bridgehead atoms. The van der Waals surface area contributed by atoms with Crippen LogP contribution in [-0.4, -0.2) is 34.9 Å². The van der Waals surface area contributed by atoms with Gasteiger partial charge in [0, 0.05) is 24.8 Å². The summed E-state index contributed by atoms with van der Waals surface area (Å²) in [4.78, 5) is 37.5. The molecule has 1 aromatic heterocycles. The molecule has 1 fully saturated rings. The molecule has 0 unspecified atom stereocenters. The van der Waals surface area contributed by atoms with Crippen LogP contribution < -0.4 is 21.5 Å². The molecule has 0 radical (unpaired) electrons. The Morgan fingerprint density at radius 1 is 1.03 bits per heavy atom. The highest BCUT2D eigenvalue weighted by Gasteiger charge is 2.17. The fourth-order valence-electron chi connectivity index (χ4n) is 4.51. The molecular weight excluding hydrogens is 486 g/mol. The molecule has 1 aliphatic rings. The van der Waals surface area contributed by atoms with Gasteiger partial charge in [-0.05, 0) is 77.9 Å². The molecule has 4 aromatic rings. The number of aromatic amines is 1. The van der Waals surface area contributed by atoms with Crippen LogP contribution in [0.4, 0.5) is 0 Å². The first-order valence-electron chi connectivity index (χ1n) is 12.6. The average Bonchev–Trinajstić information content (AvgIpc) is 3.25. The predicted molar refractivity (Wildman–Crippen MR) is 141 cm³/mol. The van der Waals surface area contributed by atoms with E-state index in [2.05, 4.69) is 16.4 Å². The summed E-state index contributed by atoms with van der Waals surface area (Å²) in [5, 5.41) is 3.11. The zero-order chi connectivity index (χ0) is 26.5. The minimum Gasteiger partial charge on any atom is -0.489 e. The lowest BCUT2D eigenvalue weighted by Crippen LogP contribution is -2.38. The lowest BCUT2D eigenvalue weighted by Gasteiger charge is -2.23. The number of aryl methyl sites for hydroxylation is 1. The van der Waals surface area contributed by atoms with Crippen LogP contribution in [0.15, 0.2) is 80.8 Å². The highest BCUT2D eigenvalue weighted by atomic mass is 16.5. The number of hydrogen-bond donors (Lipinski definition) is 2. The zero-order valence-corrected chi connectivity index (χ0v) is 21.1. The molecule has 9 heteroatoms. The summed E-state index contributed by atoms with van der Waals surface area (Å²) in [6.45, 7) is 3.91. The molecule has 196 valence electrons. The molecule has 1 aliphatic heterocycles. The van der Waals surface area contributed by atoms with E-state index in [1.807, 2.05) is 67.6 Å². The second-order valence-corrected chi connectivity index (χ2v) is 9.37. The summed E-state index contributed by atoms with van der Waals surface area (Å²) in [6.07, 6.45) is 1.69. The third-order valence-corrected chi connectivity index (χ3v) is 6.57. The number of rotatable bonds is 8. The van der Waals surface area contributed by atoms with E-state index in [0.29, 0.717) is 31.1 Å². The quantitative estimate of drug-likeness (QED) is 0.370. The minimum absolute atomic E-state index is 0.0515. The van der Waals surface area contributed by atoms with E-state index in [-0.39, 0.29) is 18.5 Å². The third kappa shape index (κ3) is 6.12. The topological polar surface area (TPSA) is 116 Å². The smallest absolute Gasteiger partial charge is 0.440 e. The van der Waals surface area contributed by atoms with Gasteiger partial charge in [0.1, 0.15) is 12.4 Å². The van der Waals surface area contributed by atoms with Crippen molar-refractivity contribution in [3.05, 3.63) is 110 Å². The highest BCUT2D eigenvalue weighted by Crippen LogP contribution is 2.26. The molecule has 0 atom stereocenters. The SMILES string of the molecule is Cc1cc(C(=O)NC2CCOCC2)ccc1-c1cccc(COc2ccc(Cn3oc(=O)[nH]c3=O)cc2)c1. The Balaban J connectivity index is 1.21. The molecule has 2 heterocycles. The van der Waals surface area contributed by atoms with Gasteiger partial charge in [-0.3, -0.25) is 4.79 Å². The first-order chi connectivity index (χ1) is 18.4. The molecule has 9 nitrogen and oxygen atoms in total. The maximum atomic E-state index is 12.7. The van der Waals surface area contributed by atoms with E-state index in [4.69, 9.17) is 14.0 Å². The number of nitrogens with zero attached hydrogens (tertiary/aromatic N) is 1. The van der Waals surface area contributed by atoms with Gasteiger partial charge in [-0.2, -0.15) is 0 Å². The van der Waals surface area contributed by atoms with E-state index in [0.717, 1.165) is 45.4 Å². The van der Waals surface area contributed by atoms with Gasteiger partial charge in [-0.25, -0.2) is 14.6 Å². The number of benzene rings is 3. The van der Waals surface area contributed by atoms with Crippen LogP contribution in [0.5, 0.6) is 5.75 Å². The molecule has 1 amide bonds. The Kier molecular flexibility index (Phi) is 7.55. The Bertz CT molecular complexity index is 1530. The predicted octanol–water partition coefficient (Wildman–Crippen LogP) is 3.64. The Morgan fingerprint density at radius 2 is 1.82 bits per heavy atom. The molecule has 38 heavy (non-hydrogen) atoms. The number of amides is 1. The van der Waals surface area contributed by atoms with E-state index in [9.17, 15) is 14.4 Å². The average molecular weight is 516 g/mol. The Labute approximate surface area is 219 Å². The molecular formula is C29H29N3O6. The molecule has 0 aliphatic carbocycles. The van der Waals surface area contributed by atoms with Crippen LogP contribution in [0.25, 0.3) is 11.1 Å². The van der Waals surface area contributed by atoms with Crippen LogP contribution in [0, 0.1) is 6.92 Å². The summed E-state index contributed by atoms with van der Waals surface area (Å²) in [5.74, 6) is -0.151. The lowest BCUT2D eigenvalue weighted by molar-refractivity contribution is 0.0696. The number of H-pyrrole nitrogens is 1. The van der Waals surface area contributed by atoms with E-state index in [1.165, 1.54) is 0 Å². The van der Waals surface area contributed by atoms with Crippen LogP contribution in [0.3, 0.4) is 0 Å². The number of carbonyl (C=O) groups is 1. The number of nitrogens with one attached hydrogen (secondary N) is 2. The molecule has 5 rings (SSSR count). The van der Waals surface area contributed by atoms with Gasteiger partial charge in [0.25, 0.3) is 5.91 Å². The van der Waals surface area contributed by atoms with Crippen molar-refractivity contribution in [2.45, 2.75) is 39.0 Å². The van der Waals surface area contributed by atoms with Crippen LogP contribution in [-0.2, 0) is 17.9 Å². The maximum Gasteiger partial charge on any atom is 0.440 e. The van der Waals surface area contributed by atoms with Crippen molar-refractivity contribution < 1.29 is 18.8 Å². The van der Waals surface area contributed by atoms with Gasteiger partial charge in [0.15, 0.2) is 0 Å². The first-order valence-corrected chi connectivity index (χ1v) is 12.6. The van der Waals surface area contributed by atoms with Crippen LogP contribution in [0.2, 0.25) is 0 Å². The number of hydrogen-bond acceptors (Lipinski definition) is 6. The van der Waals surface area contributed by atoms with Crippen molar-refractivity contribution in [2.75, 3.05) is 13.2 Å². The fraction of sp³-hybridized carbons (Fsp3) is 0.276. The Hall–Kier alpha value is -4.37. The zero-order valence-electron chi connectivity index (χ0n) is 21.1. The molecule has 3 aromatic carbocycles. The normalized spacial score (nSPS) is 13.8. The number of ether oxygens (including phenoxy) is 2. The van der Waals surface area contributed by atoms with E-state index in [1.54, 1.807) is 0 Å². The van der Waals surface area contributed by atoms with Gasteiger partial charge in [-0.1, -0.05) is 36.4 Å². The van der Waals surface area contributed by atoms with E-state index < -0.39 is 11.4 Å². The van der Waals surface area contributed by atoms with Crippen molar-refractivity contribution in [1.82, 2.24) is 15.0 Å². The monoisotopic (exact) mass is 515 g/mol. The van der Waals surface area contributed by atoms with Gasteiger partial charge in [0.05, 0.1) is 6.54 Å². The highest BCUT2D eigenvalue weighted by molar-refractivity contribution is 5.95. The summed E-state index contributed by atoms with van der Waals surface area (Å²) in [5.41, 5.74) is 5.01. The van der Waals surface area contributed by atoms with Crippen molar-refractivity contribution in [1.29, 1.82) is 0 Å². The summed E-state index contributed by atoms with van der Waals surface area (Å²) in [6, 6.07) is 21.3. The summed E-state index contributed by atoms with van der Waals surface area (Å²) < 4.78 is 17.1. The lowest BCUT2D eigenvalue weighted by atomic mass is 9.96. The van der Waals surface area contributed by atoms with Gasteiger partial charge in [-0.15, -0.1) is 4.74 Å². The van der Waals surface area contributed by atoms with Crippen molar-refractivity contribution in [2.24, 2.45) is 0 Å². The second-order valence-electron chi connectivity index (χ2n) is 9.37. The molecule has 1 saturated heterocycles. The van der Waals surface area contributed by atoms with Crippen LogP contribution >= 0.6 is 0 Å². The Morgan fingerprint density at radius 3 is 2.53 bits per heavy atom. The number of carbonyl (C=O) groups excluding carboxylic acids is 1. The molecule has 0 saturated carbocycles. The van der Waals surface area contributed by atoms with Crippen LogP contribution in [0.1, 0.15) is 39.9 Å². The minimum atomic E-state index is -0.778. The standard InChI is InChI=1S/C29H29N3O6/c1-19-15-23(27(33)30-24-11-13-36-14-12-24)7-10-26(19)22-4-2-3-21(16-22)18-37-25-8-5-20(6-9-25)17-32-28(34)31-29(35)38-32/h2-10,15-16,24H,11-14,17-18H2,1H3,(H,30,33)(H,31,34,35). The third-order valence-electron chi connectivity index (χ3n) is 6.57. The van der Waals surface area contributed by atoms with Crippen molar-refractivity contribution in [3.8, 4) is 16.9 Å².